The van der Waals surface area contributed by atoms with Gasteiger partial charge in [0.15, 0.2) is 0 Å². The van der Waals surface area contributed by atoms with Gasteiger partial charge in [0.05, 0.1) is 11.4 Å². The first-order valence-electron chi connectivity index (χ1n) is 6.04. The van der Waals surface area contributed by atoms with Gasteiger partial charge in [0.2, 0.25) is 5.91 Å². The number of aryl methyl sites for hydroxylation is 1. The average Bonchev–Trinajstić information content (AvgIpc) is 3.12. The van der Waals surface area contributed by atoms with Gasteiger partial charge in [-0.2, -0.15) is 0 Å². The molecule has 4 nitrogen and oxygen atoms in total. The van der Waals surface area contributed by atoms with Crippen LogP contribution in [0.15, 0.2) is 18.2 Å². The lowest BCUT2D eigenvalue weighted by molar-refractivity contribution is -0.122. The Kier molecular flexibility index (Phi) is 3.52. The molecule has 2 rings (SSSR count). The quantitative estimate of drug-likeness (QED) is 0.533. The Hall–Kier alpha value is -1.71. The molecule has 4 heteroatoms. The lowest BCUT2D eigenvalue weighted by Crippen LogP contribution is -2.29. The molecule has 0 saturated heterocycles. The van der Waals surface area contributed by atoms with Gasteiger partial charge in [0, 0.05) is 19.0 Å². The molecule has 1 aromatic carbocycles. The molecule has 1 saturated carbocycles. The molecule has 17 heavy (non-hydrogen) atoms. The lowest BCUT2D eigenvalue weighted by atomic mass is 10.2. The van der Waals surface area contributed by atoms with Crippen molar-refractivity contribution in [2.24, 2.45) is 5.92 Å². The van der Waals surface area contributed by atoms with Gasteiger partial charge in [-0.05, 0) is 37.5 Å². The first kappa shape index (κ1) is 11.8. The van der Waals surface area contributed by atoms with Crippen molar-refractivity contribution in [1.82, 2.24) is 5.32 Å². The Morgan fingerprint density at radius 1 is 1.41 bits per heavy atom. The fourth-order valence-corrected chi connectivity index (χ4v) is 1.70. The number of hydrogen-bond acceptors (Lipinski definition) is 3. The van der Waals surface area contributed by atoms with Gasteiger partial charge in [-0.3, -0.25) is 4.79 Å². The van der Waals surface area contributed by atoms with Gasteiger partial charge >= 0.3 is 0 Å². The molecule has 0 spiro atoms. The molecule has 0 radical (unpaired) electrons. The Morgan fingerprint density at radius 3 is 2.88 bits per heavy atom. The van der Waals surface area contributed by atoms with Crippen LogP contribution in [-0.2, 0) is 4.79 Å². The van der Waals surface area contributed by atoms with E-state index in [1.54, 1.807) is 0 Å². The summed E-state index contributed by atoms with van der Waals surface area (Å²) in [4.78, 5) is 11.4. The van der Waals surface area contributed by atoms with Crippen LogP contribution in [0.5, 0.6) is 0 Å². The summed E-state index contributed by atoms with van der Waals surface area (Å²) < 4.78 is 0. The molecule has 0 aromatic heterocycles. The lowest BCUT2D eigenvalue weighted by Gasteiger charge is -2.10. The summed E-state index contributed by atoms with van der Waals surface area (Å²) in [5.74, 6) is 0.461. The maximum atomic E-state index is 11.4. The molecule has 1 aromatic rings. The third-order valence-corrected chi connectivity index (χ3v) is 2.90. The normalized spacial score (nSPS) is 14.4. The number of rotatable bonds is 5. The van der Waals surface area contributed by atoms with E-state index in [1.165, 1.54) is 5.56 Å². The largest absolute Gasteiger partial charge is 0.397 e. The summed E-state index contributed by atoms with van der Waals surface area (Å²) in [6.07, 6.45) is 2.09. The van der Waals surface area contributed by atoms with Crippen LogP contribution in [0.2, 0.25) is 0 Å². The highest BCUT2D eigenvalue weighted by Gasteiger charge is 2.28. The molecule has 0 heterocycles. The second-order valence-electron chi connectivity index (χ2n) is 4.58. The van der Waals surface area contributed by atoms with Gasteiger partial charge < -0.3 is 16.4 Å². The monoisotopic (exact) mass is 233 g/mol. The van der Waals surface area contributed by atoms with Crippen molar-refractivity contribution in [1.29, 1.82) is 0 Å². The van der Waals surface area contributed by atoms with Crippen LogP contribution in [0, 0.1) is 12.8 Å². The fourth-order valence-electron chi connectivity index (χ4n) is 1.70. The third-order valence-electron chi connectivity index (χ3n) is 2.90. The number of benzene rings is 1. The molecular weight excluding hydrogens is 214 g/mol. The summed E-state index contributed by atoms with van der Waals surface area (Å²) in [6, 6.07) is 5.88. The minimum absolute atomic E-state index is 0.184. The summed E-state index contributed by atoms with van der Waals surface area (Å²) in [5.41, 5.74) is 8.69. The molecule has 0 aliphatic heterocycles. The van der Waals surface area contributed by atoms with E-state index in [4.69, 9.17) is 5.73 Å². The Labute approximate surface area is 102 Å². The Bertz CT molecular complexity index is 413. The first-order chi connectivity index (χ1) is 8.16. The van der Waals surface area contributed by atoms with Crippen LogP contribution in [0.4, 0.5) is 11.4 Å². The summed E-state index contributed by atoms with van der Waals surface area (Å²) in [5, 5.41) is 6.14. The number of anilines is 2. The van der Waals surface area contributed by atoms with E-state index in [-0.39, 0.29) is 11.8 Å². The van der Waals surface area contributed by atoms with Crippen LogP contribution < -0.4 is 16.4 Å². The second-order valence-corrected chi connectivity index (χ2v) is 4.58. The minimum Gasteiger partial charge on any atom is -0.397 e. The highest BCUT2D eigenvalue weighted by atomic mass is 16.2. The number of amides is 1. The predicted molar refractivity (Wildman–Crippen MR) is 69.8 cm³/mol. The molecule has 1 amide bonds. The van der Waals surface area contributed by atoms with Crippen molar-refractivity contribution in [3.8, 4) is 0 Å². The molecule has 0 unspecified atom stereocenters. The molecular formula is C13H19N3O. The zero-order chi connectivity index (χ0) is 12.3. The minimum atomic E-state index is 0.184. The van der Waals surface area contributed by atoms with E-state index >= 15 is 0 Å². The first-order valence-corrected chi connectivity index (χ1v) is 6.04. The van der Waals surface area contributed by atoms with E-state index in [2.05, 4.69) is 10.6 Å². The van der Waals surface area contributed by atoms with Crippen LogP contribution in [-0.4, -0.2) is 19.0 Å². The number of nitrogens with two attached hydrogens (primary N) is 1. The highest BCUT2D eigenvalue weighted by molar-refractivity contribution is 5.80. The average molecular weight is 233 g/mol. The summed E-state index contributed by atoms with van der Waals surface area (Å²) in [6.45, 7) is 3.37. The standard InChI is InChI=1S/C13H19N3O/c1-9-2-5-11(14)12(8-9)15-6-7-16-13(17)10-3-4-10/h2,5,8,10,15H,3-4,6-7,14H2,1H3,(H,16,17). The van der Waals surface area contributed by atoms with Crippen LogP contribution in [0.25, 0.3) is 0 Å². The highest BCUT2D eigenvalue weighted by Crippen LogP contribution is 2.28. The van der Waals surface area contributed by atoms with Crippen LogP contribution in [0.1, 0.15) is 18.4 Å². The van der Waals surface area contributed by atoms with E-state index < -0.39 is 0 Å². The van der Waals surface area contributed by atoms with Crippen molar-refractivity contribution in [3.63, 3.8) is 0 Å². The summed E-state index contributed by atoms with van der Waals surface area (Å²) >= 11 is 0. The molecule has 92 valence electrons. The van der Waals surface area contributed by atoms with Crippen molar-refractivity contribution >= 4 is 17.3 Å². The van der Waals surface area contributed by atoms with Gasteiger partial charge in [0.1, 0.15) is 0 Å². The van der Waals surface area contributed by atoms with Crippen molar-refractivity contribution in [2.45, 2.75) is 19.8 Å². The number of nitrogen functional groups attached to an aromatic ring is 1. The number of hydrogen-bond donors (Lipinski definition) is 3. The number of nitrogens with one attached hydrogen (secondary N) is 2. The maximum absolute atomic E-state index is 11.4. The maximum Gasteiger partial charge on any atom is 0.223 e. The molecule has 0 bridgehead atoms. The molecule has 1 aliphatic rings. The number of carbonyl (C=O) groups excluding carboxylic acids is 1. The van der Waals surface area contributed by atoms with E-state index in [1.807, 2.05) is 25.1 Å². The van der Waals surface area contributed by atoms with Crippen molar-refractivity contribution < 1.29 is 4.79 Å². The van der Waals surface area contributed by atoms with Gasteiger partial charge in [-0.25, -0.2) is 0 Å². The molecule has 4 N–H and O–H groups in total. The van der Waals surface area contributed by atoms with Crippen molar-refractivity contribution in [3.05, 3.63) is 23.8 Å². The topological polar surface area (TPSA) is 67.2 Å². The zero-order valence-electron chi connectivity index (χ0n) is 10.1. The van der Waals surface area contributed by atoms with E-state index in [0.29, 0.717) is 13.1 Å². The van der Waals surface area contributed by atoms with Gasteiger partial charge in [-0.15, -0.1) is 0 Å². The number of carbonyl (C=O) groups is 1. The SMILES string of the molecule is Cc1ccc(N)c(NCCNC(=O)C2CC2)c1. The third kappa shape index (κ3) is 3.37. The van der Waals surface area contributed by atoms with Gasteiger partial charge in [0.25, 0.3) is 0 Å². The Balaban J connectivity index is 1.73. The molecule has 0 atom stereocenters. The second kappa shape index (κ2) is 5.08. The predicted octanol–water partition coefficient (Wildman–Crippen LogP) is 1.52. The zero-order valence-corrected chi connectivity index (χ0v) is 10.1. The smallest absolute Gasteiger partial charge is 0.223 e. The molecule has 1 fully saturated rings. The summed E-state index contributed by atoms with van der Waals surface area (Å²) in [7, 11) is 0. The van der Waals surface area contributed by atoms with Crippen LogP contribution in [0.3, 0.4) is 0 Å². The Morgan fingerprint density at radius 2 is 2.18 bits per heavy atom. The van der Waals surface area contributed by atoms with E-state index in [0.717, 1.165) is 24.2 Å². The van der Waals surface area contributed by atoms with Crippen LogP contribution >= 0.6 is 0 Å². The van der Waals surface area contributed by atoms with E-state index in [9.17, 15) is 4.79 Å². The molecule has 1 aliphatic carbocycles. The van der Waals surface area contributed by atoms with Gasteiger partial charge in [-0.1, -0.05) is 6.07 Å². The fraction of sp³-hybridized carbons (Fsp3) is 0.462. The van der Waals surface area contributed by atoms with Crippen molar-refractivity contribution in [2.75, 3.05) is 24.1 Å².